The first-order valence-electron chi connectivity index (χ1n) is 10.2. The minimum absolute atomic E-state index is 0.899. The number of benzene rings is 1. The smallest absolute Gasteiger partial charge is 0.0644 e. The fraction of sp³-hybridized carbons (Fsp3) is 0.333. The van der Waals surface area contributed by atoms with Gasteiger partial charge in [-0.3, -0.25) is 0 Å². The lowest BCUT2D eigenvalue weighted by Crippen LogP contribution is -2.27. The summed E-state index contributed by atoms with van der Waals surface area (Å²) in [4.78, 5) is 2.45. The molecule has 0 spiro atoms. The Hall–Kier alpha value is -2.30. The molecule has 1 N–H and O–H groups in total. The Bertz CT molecular complexity index is 1110. The monoisotopic (exact) mass is 389 g/mol. The first kappa shape index (κ1) is 17.8. The van der Waals surface area contributed by atoms with E-state index in [-0.39, 0.29) is 0 Å². The summed E-state index contributed by atoms with van der Waals surface area (Å²) in [5, 5.41) is 9.37. The second kappa shape index (κ2) is 6.94. The number of fused-ring (bicyclic) bond motifs is 3. The third kappa shape index (κ3) is 2.75. The van der Waals surface area contributed by atoms with Crippen molar-refractivity contribution in [2.75, 3.05) is 20.1 Å². The van der Waals surface area contributed by atoms with Gasteiger partial charge in [-0.15, -0.1) is 11.3 Å². The van der Waals surface area contributed by atoms with E-state index in [0.717, 1.165) is 32.5 Å². The van der Waals surface area contributed by atoms with Crippen LogP contribution >= 0.6 is 11.3 Å². The molecule has 3 nitrogen and oxygen atoms in total. The van der Waals surface area contributed by atoms with Crippen LogP contribution in [0.25, 0.3) is 22.2 Å². The van der Waals surface area contributed by atoms with E-state index in [0.29, 0.717) is 0 Å². The number of rotatable bonds is 3. The molecule has 1 aromatic carbocycles. The third-order valence-corrected chi connectivity index (χ3v) is 6.78. The van der Waals surface area contributed by atoms with Gasteiger partial charge in [0.1, 0.15) is 0 Å². The van der Waals surface area contributed by atoms with Gasteiger partial charge < -0.3 is 14.8 Å². The van der Waals surface area contributed by atoms with Crippen LogP contribution in [0.1, 0.15) is 34.9 Å². The van der Waals surface area contributed by atoms with Crippen LogP contribution in [0.15, 0.2) is 41.2 Å². The zero-order valence-corrected chi connectivity index (χ0v) is 17.7. The Balaban J connectivity index is 1.83. The maximum Gasteiger partial charge on any atom is 0.0644 e. The molecule has 0 bridgehead atoms. The molecule has 0 amide bonds. The van der Waals surface area contributed by atoms with Crippen molar-refractivity contribution >= 4 is 27.8 Å². The zero-order valence-electron chi connectivity index (χ0n) is 16.9. The average Bonchev–Trinajstić information content (AvgIpc) is 3.30. The number of nitrogens with one attached hydrogen (secondary N) is 1. The summed E-state index contributed by atoms with van der Waals surface area (Å²) in [6, 6.07) is 4.78. The fourth-order valence-electron chi connectivity index (χ4n) is 4.73. The summed E-state index contributed by atoms with van der Waals surface area (Å²) >= 11 is 1.81. The number of likely N-dealkylation sites (N-methyl/N-ethyl adjacent to an activating group) is 1. The highest BCUT2D eigenvalue weighted by molar-refractivity contribution is 7.08. The predicted molar refractivity (Wildman–Crippen MR) is 120 cm³/mol. The molecular weight excluding hydrogens is 362 g/mol. The molecule has 144 valence electrons. The van der Waals surface area contributed by atoms with Crippen molar-refractivity contribution in [1.29, 1.82) is 0 Å². The third-order valence-electron chi connectivity index (χ3n) is 6.05. The second-order valence-electron chi connectivity index (χ2n) is 7.99. The van der Waals surface area contributed by atoms with Crippen LogP contribution in [-0.2, 0) is 19.4 Å². The van der Waals surface area contributed by atoms with Gasteiger partial charge in [0.25, 0.3) is 0 Å². The van der Waals surface area contributed by atoms with Gasteiger partial charge in [-0.2, -0.15) is 0 Å². The van der Waals surface area contributed by atoms with E-state index in [1.807, 2.05) is 11.3 Å². The van der Waals surface area contributed by atoms with Gasteiger partial charge in [0.15, 0.2) is 0 Å². The number of aryl methyl sites for hydroxylation is 2. The Labute approximate surface area is 171 Å². The van der Waals surface area contributed by atoms with E-state index in [2.05, 4.69) is 76.9 Å². The summed E-state index contributed by atoms with van der Waals surface area (Å²) in [5.41, 5.74) is 11.3. The molecule has 0 atom stereocenters. The van der Waals surface area contributed by atoms with E-state index in [9.17, 15) is 0 Å². The summed E-state index contributed by atoms with van der Waals surface area (Å²) in [6.07, 6.45) is 8.72. The van der Waals surface area contributed by atoms with Crippen molar-refractivity contribution in [2.24, 2.45) is 0 Å². The van der Waals surface area contributed by atoms with E-state index >= 15 is 0 Å². The van der Waals surface area contributed by atoms with Crippen molar-refractivity contribution in [1.82, 2.24) is 14.8 Å². The quantitative estimate of drug-likeness (QED) is 0.676. The summed E-state index contributed by atoms with van der Waals surface area (Å²) in [6.45, 7) is 7.57. The molecule has 0 saturated heterocycles. The molecule has 3 aromatic rings. The number of allylic oxidation sites excluding steroid dienone is 2. The van der Waals surface area contributed by atoms with E-state index in [1.165, 1.54) is 50.1 Å². The molecule has 2 aliphatic heterocycles. The van der Waals surface area contributed by atoms with Gasteiger partial charge >= 0.3 is 0 Å². The highest BCUT2D eigenvalue weighted by atomic mass is 32.1. The summed E-state index contributed by atoms with van der Waals surface area (Å²) in [7, 11) is 2.24. The van der Waals surface area contributed by atoms with Crippen LogP contribution in [0, 0.1) is 6.92 Å². The fourth-order valence-corrected chi connectivity index (χ4v) is 5.55. The number of hydrogen-bond donors (Lipinski definition) is 1. The number of thiophene rings is 1. The summed E-state index contributed by atoms with van der Waals surface area (Å²) in [5.74, 6) is 0. The molecule has 5 rings (SSSR count). The minimum Gasteiger partial charge on any atom is -0.387 e. The van der Waals surface area contributed by atoms with Crippen LogP contribution < -0.4 is 5.32 Å². The highest BCUT2D eigenvalue weighted by Gasteiger charge is 2.26. The largest absolute Gasteiger partial charge is 0.387 e. The van der Waals surface area contributed by atoms with E-state index in [4.69, 9.17) is 0 Å². The van der Waals surface area contributed by atoms with E-state index in [1.54, 1.807) is 0 Å². The molecule has 0 radical (unpaired) electrons. The van der Waals surface area contributed by atoms with Crippen LogP contribution in [0.2, 0.25) is 0 Å². The first-order valence-corrected chi connectivity index (χ1v) is 11.1. The Morgan fingerprint density at radius 2 is 2.11 bits per heavy atom. The van der Waals surface area contributed by atoms with Gasteiger partial charge in [0.05, 0.1) is 11.2 Å². The lowest BCUT2D eigenvalue weighted by Gasteiger charge is -2.24. The van der Waals surface area contributed by atoms with Gasteiger partial charge in [-0.25, -0.2) is 0 Å². The van der Waals surface area contributed by atoms with Gasteiger partial charge in [-0.05, 0) is 55.4 Å². The molecule has 0 unspecified atom stereocenters. The van der Waals surface area contributed by atoms with Gasteiger partial charge in [0, 0.05) is 53.5 Å². The molecule has 4 heterocycles. The SMILES string of the molecule is CCc1cc(C)cc2c3c(n(-c4cscc4C4=CCNC=C4)c12)CCN(C)C3. The van der Waals surface area contributed by atoms with Crippen LogP contribution in [0.4, 0.5) is 0 Å². The maximum absolute atomic E-state index is 3.27. The average molecular weight is 390 g/mol. The van der Waals surface area contributed by atoms with Crippen molar-refractivity contribution in [3.63, 3.8) is 0 Å². The number of hydrogen-bond acceptors (Lipinski definition) is 3. The molecule has 0 saturated carbocycles. The first-order chi connectivity index (χ1) is 13.7. The van der Waals surface area contributed by atoms with Gasteiger partial charge in [0.2, 0.25) is 0 Å². The lowest BCUT2D eigenvalue weighted by atomic mass is 10.0. The van der Waals surface area contributed by atoms with Crippen LogP contribution in [-0.4, -0.2) is 29.6 Å². The molecule has 2 aromatic heterocycles. The molecular formula is C24H27N3S. The van der Waals surface area contributed by atoms with Crippen molar-refractivity contribution < 1.29 is 0 Å². The molecule has 28 heavy (non-hydrogen) atoms. The molecule has 4 heteroatoms. The van der Waals surface area contributed by atoms with Crippen molar-refractivity contribution in [2.45, 2.75) is 33.2 Å². The minimum atomic E-state index is 0.899. The normalized spacial score (nSPS) is 16.9. The summed E-state index contributed by atoms with van der Waals surface area (Å²) < 4.78 is 2.60. The second-order valence-corrected chi connectivity index (χ2v) is 8.74. The maximum atomic E-state index is 3.27. The highest BCUT2D eigenvalue weighted by Crippen LogP contribution is 2.39. The van der Waals surface area contributed by atoms with Crippen LogP contribution in [0.3, 0.4) is 0 Å². The lowest BCUT2D eigenvalue weighted by molar-refractivity contribution is 0.311. The number of dihydropyridines is 1. The molecule has 2 aliphatic rings. The number of aromatic nitrogens is 1. The Morgan fingerprint density at radius 3 is 2.89 bits per heavy atom. The zero-order chi connectivity index (χ0) is 19.3. The predicted octanol–water partition coefficient (Wildman–Crippen LogP) is 5.05. The Kier molecular flexibility index (Phi) is 4.41. The van der Waals surface area contributed by atoms with Crippen LogP contribution in [0.5, 0.6) is 0 Å². The molecule has 0 fully saturated rings. The topological polar surface area (TPSA) is 20.2 Å². The van der Waals surface area contributed by atoms with E-state index < -0.39 is 0 Å². The molecule has 0 aliphatic carbocycles. The van der Waals surface area contributed by atoms with Crippen molar-refractivity contribution in [3.8, 4) is 5.69 Å². The standard InChI is InChI=1S/C24H27N3S/c1-4-17-11-16(2)12-19-20-13-26(3)10-7-22(20)27(24(17)19)23-15-28-14-21(23)18-5-8-25-9-6-18/h5-6,8,11-12,14-15,25H,4,7,9-10,13H2,1-3H3. The van der Waals surface area contributed by atoms with Crippen molar-refractivity contribution in [3.05, 3.63) is 69.2 Å². The number of nitrogens with zero attached hydrogens (tertiary/aromatic N) is 2. The van der Waals surface area contributed by atoms with Gasteiger partial charge in [-0.1, -0.05) is 24.6 Å². The Morgan fingerprint density at radius 1 is 1.21 bits per heavy atom.